The van der Waals surface area contributed by atoms with Crippen molar-refractivity contribution in [2.75, 3.05) is 0 Å². The molecule has 49 heavy (non-hydrogen) atoms. The highest BCUT2D eigenvalue weighted by molar-refractivity contribution is 7.24. The molecule has 0 aliphatic rings. The topological polar surface area (TPSA) is 77.3 Å². The van der Waals surface area contributed by atoms with Crippen molar-refractivity contribution in [3.8, 4) is 66.7 Å². The number of para-hydroxylation sites is 1. The van der Waals surface area contributed by atoms with Crippen LogP contribution in [0.4, 0.5) is 0 Å². The Labute approximate surface area is 286 Å². The molecule has 0 radical (unpaired) electrons. The maximum atomic E-state index is 5.32. The standard InChI is InChI=1S/C42H26N6S/c1-2-12-33-32(11-1)42-39(38(29-9-7-19-43-25-29)41(49-42)30-10-8-20-44-26-30)40(48-33)28-17-15-27(16-18-28)31-23-36(34-13-3-5-21-45-34)47-37(24-31)35-14-4-6-22-46-35/h1-26H. The molecule has 230 valence electrons. The predicted octanol–water partition coefficient (Wildman–Crippen LogP) is 10.4. The Morgan fingerprint density at radius 1 is 0.449 bits per heavy atom. The van der Waals surface area contributed by atoms with E-state index in [9.17, 15) is 0 Å². The second kappa shape index (κ2) is 12.3. The van der Waals surface area contributed by atoms with E-state index in [2.05, 4.69) is 86.7 Å². The van der Waals surface area contributed by atoms with Crippen molar-refractivity contribution in [1.82, 2.24) is 29.9 Å². The van der Waals surface area contributed by atoms with Gasteiger partial charge in [-0.3, -0.25) is 19.9 Å². The number of pyridine rings is 6. The number of benzene rings is 2. The first-order valence-corrected chi connectivity index (χ1v) is 16.7. The van der Waals surface area contributed by atoms with Crippen LogP contribution in [0.3, 0.4) is 0 Å². The van der Waals surface area contributed by atoms with E-state index in [1.807, 2.05) is 79.4 Å². The summed E-state index contributed by atoms with van der Waals surface area (Å²) in [7, 11) is 0. The highest BCUT2D eigenvalue weighted by Gasteiger charge is 2.23. The zero-order valence-electron chi connectivity index (χ0n) is 26.1. The lowest BCUT2D eigenvalue weighted by Crippen LogP contribution is -1.94. The first kappa shape index (κ1) is 28.8. The highest BCUT2D eigenvalue weighted by atomic mass is 32.1. The minimum atomic E-state index is 0.794. The number of fused-ring (bicyclic) bond motifs is 3. The van der Waals surface area contributed by atoms with Gasteiger partial charge in [0.1, 0.15) is 0 Å². The zero-order valence-corrected chi connectivity index (χ0v) is 26.9. The van der Waals surface area contributed by atoms with Crippen LogP contribution in [-0.2, 0) is 0 Å². The first-order chi connectivity index (χ1) is 24.3. The van der Waals surface area contributed by atoms with E-state index in [0.29, 0.717) is 0 Å². The van der Waals surface area contributed by atoms with Crippen molar-refractivity contribution in [1.29, 1.82) is 0 Å². The van der Waals surface area contributed by atoms with Gasteiger partial charge in [-0.1, -0.05) is 66.7 Å². The van der Waals surface area contributed by atoms with Gasteiger partial charge in [0.05, 0.1) is 34.0 Å². The fourth-order valence-electron chi connectivity index (χ4n) is 6.29. The fourth-order valence-corrected chi connectivity index (χ4v) is 7.64. The van der Waals surface area contributed by atoms with Gasteiger partial charge in [0.15, 0.2) is 0 Å². The molecule has 9 rings (SSSR count). The summed E-state index contributed by atoms with van der Waals surface area (Å²) in [4.78, 5) is 29.6. The van der Waals surface area contributed by atoms with Crippen LogP contribution in [0.5, 0.6) is 0 Å². The normalized spacial score (nSPS) is 11.3. The van der Waals surface area contributed by atoms with Crippen LogP contribution in [0.15, 0.2) is 159 Å². The average Bonchev–Trinajstić information content (AvgIpc) is 3.60. The van der Waals surface area contributed by atoms with Gasteiger partial charge in [0.25, 0.3) is 0 Å². The van der Waals surface area contributed by atoms with Gasteiger partial charge in [0.2, 0.25) is 0 Å². The molecule has 7 heteroatoms. The summed E-state index contributed by atoms with van der Waals surface area (Å²) in [6.45, 7) is 0. The molecular formula is C42H26N6S. The van der Waals surface area contributed by atoms with Gasteiger partial charge in [-0.15, -0.1) is 11.3 Å². The van der Waals surface area contributed by atoms with Crippen LogP contribution < -0.4 is 0 Å². The van der Waals surface area contributed by atoms with Gasteiger partial charge in [-0.25, -0.2) is 9.97 Å². The summed E-state index contributed by atoms with van der Waals surface area (Å²) < 4.78 is 1.19. The molecule has 0 saturated carbocycles. The summed E-state index contributed by atoms with van der Waals surface area (Å²) in [5, 5.41) is 2.24. The number of hydrogen-bond donors (Lipinski definition) is 0. The van der Waals surface area contributed by atoms with Crippen molar-refractivity contribution in [2.45, 2.75) is 0 Å². The van der Waals surface area contributed by atoms with Crippen LogP contribution >= 0.6 is 11.3 Å². The molecule has 2 aromatic carbocycles. The van der Waals surface area contributed by atoms with Crippen molar-refractivity contribution >= 4 is 32.3 Å². The highest BCUT2D eigenvalue weighted by Crippen LogP contribution is 2.49. The molecular weight excluding hydrogens is 621 g/mol. The smallest absolute Gasteiger partial charge is 0.0900 e. The molecule has 0 aliphatic carbocycles. The van der Waals surface area contributed by atoms with E-state index in [4.69, 9.17) is 9.97 Å². The summed E-state index contributed by atoms with van der Waals surface area (Å²) in [6, 6.07) is 41.2. The number of rotatable bonds is 6. The Morgan fingerprint density at radius 2 is 1.08 bits per heavy atom. The third-order valence-electron chi connectivity index (χ3n) is 8.57. The maximum absolute atomic E-state index is 5.32. The maximum Gasteiger partial charge on any atom is 0.0900 e. The third kappa shape index (κ3) is 5.32. The second-order valence-electron chi connectivity index (χ2n) is 11.6. The lowest BCUT2D eigenvalue weighted by atomic mass is 9.95. The Balaban J connectivity index is 1.24. The van der Waals surface area contributed by atoms with Crippen molar-refractivity contribution < 1.29 is 0 Å². The van der Waals surface area contributed by atoms with E-state index < -0.39 is 0 Å². The number of thiophene rings is 1. The van der Waals surface area contributed by atoms with Crippen LogP contribution in [0.25, 0.3) is 87.7 Å². The average molecular weight is 647 g/mol. The van der Waals surface area contributed by atoms with E-state index in [1.165, 1.54) is 4.70 Å². The third-order valence-corrected chi connectivity index (χ3v) is 9.84. The van der Waals surface area contributed by atoms with Gasteiger partial charge < -0.3 is 0 Å². The molecule has 6 nitrogen and oxygen atoms in total. The van der Waals surface area contributed by atoms with Gasteiger partial charge in [-0.2, -0.15) is 0 Å². The fraction of sp³-hybridized carbons (Fsp3) is 0. The molecule has 0 aliphatic heterocycles. The van der Waals surface area contributed by atoms with Crippen LogP contribution in [0, 0.1) is 0 Å². The van der Waals surface area contributed by atoms with E-state index in [0.717, 1.165) is 83.0 Å². The van der Waals surface area contributed by atoms with Gasteiger partial charge in [0, 0.05) is 79.8 Å². The van der Waals surface area contributed by atoms with E-state index >= 15 is 0 Å². The lowest BCUT2D eigenvalue weighted by Gasteiger charge is -2.12. The minimum absolute atomic E-state index is 0.794. The molecule has 7 aromatic heterocycles. The number of aromatic nitrogens is 6. The summed E-state index contributed by atoms with van der Waals surface area (Å²) in [5.74, 6) is 0. The summed E-state index contributed by atoms with van der Waals surface area (Å²) in [6.07, 6.45) is 11.1. The first-order valence-electron chi connectivity index (χ1n) is 15.9. The van der Waals surface area contributed by atoms with Crippen LogP contribution in [0.2, 0.25) is 0 Å². The molecule has 0 spiro atoms. The summed E-state index contributed by atoms with van der Waals surface area (Å²) >= 11 is 1.78. The second-order valence-corrected chi connectivity index (χ2v) is 12.6. The van der Waals surface area contributed by atoms with E-state index in [1.54, 1.807) is 23.7 Å². The van der Waals surface area contributed by atoms with E-state index in [-0.39, 0.29) is 0 Å². The largest absolute Gasteiger partial charge is 0.264 e. The SMILES string of the molecule is c1ccc(-c2cc(-c3ccc(-c4nc5ccccc5c5sc(-c6cccnc6)c(-c6cccnc6)c45)cc3)cc(-c3ccccn3)n2)nc1. The summed E-state index contributed by atoms with van der Waals surface area (Å²) in [5.41, 5.74) is 11.5. The van der Waals surface area contributed by atoms with Crippen LogP contribution in [0.1, 0.15) is 0 Å². The Kier molecular flexibility index (Phi) is 7.22. The quantitative estimate of drug-likeness (QED) is 0.179. The molecule has 0 amide bonds. The van der Waals surface area contributed by atoms with Gasteiger partial charge in [-0.05, 0) is 65.7 Å². The number of hydrogen-bond acceptors (Lipinski definition) is 7. The van der Waals surface area contributed by atoms with Gasteiger partial charge >= 0.3 is 0 Å². The Morgan fingerprint density at radius 3 is 1.71 bits per heavy atom. The van der Waals surface area contributed by atoms with Crippen molar-refractivity contribution in [2.24, 2.45) is 0 Å². The molecule has 0 saturated heterocycles. The monoisotopic (exact) mass is 646 g/mol. The molecule has 0 fully saturated rings. The zero-order chi connectivity index (χ0) is 32.6. The number of nitrogens with zero attached hydrogens (tertiary/aromatic N) is 6. The van der Waals surface area contributed by atoms with Crippen molar-refractivity contribution in [3.63, 3.8) is 0 Å². The Hall–Kier alpha value is -6.44. The minimum Gasteiger partial charge on any atom is -0.264 e. The predicted molar refractivity (Wildman–Crippen MR) is 199 cm³/mol. The molecule has 0 unspecified atom stereocenters. The molecule has 0 bridgehead atoms. The molecule has 9 aromatic rings. The molecule has 0 atom stereocenters. The Bertz CT molecular complexity index is 2510. The molecule has 0 N–H and O–H groups in total. The lowest BCUT2D eigenvalue weighted by molar-refractivity contribution is 1.22. The molecule has 7 heterocycles. The van der Waals surface area contributed by atoms with Crippen molar-refractivity contribution in [3.05, 3.63) is 159 Å². The van der Waals surface area contributed by atoms with Crippen LogP contribution in [-0.4, -0.2) is 29.9 Å².